The van der Waals surface area contributed by atoms with Crippen molar-refractivity contribution in [3.63, 3.8) is 0 Å². The average molecular weight is 766 g/mol. The Morgan fingerprint density at radius 2 is 1.96 bits per heavy atom. The largest absolute Gasteiger partial charge is 0.512 e. The van der Waals surface area contributed by atoms with Crippen LogP contribution in [0.5, 0.6) is 11.5 Å². The summed E-state index contributed by atoms with van der Waals surface area (Å²) in [4.78, 5) is 89.5. The summed E-state index contributed by atoms with van der Waals surface area (Å²) in [6.07, 6.45) is -0.552. The van der Waals surface area contributed by atoms with Gasteiger partial charge >= 0.3 is 12.1 Å². The molecule has 19 nitrogen and oxygen atoms in total. The minimum absolute atomic E-state index is 0.00521. The maximum absolute atomic E-state index is 13.5. The van der Waals surface area contributed by atoms with Gasteiger partial charge in [0.15, 0.2) is 22.3 Å². The second-order valence-corrected chi connectivity index (χ2v) is 13.8. The van der Waals surface area contributed by atoms with Crippen molar-refractivity contribution in [1.82, 2.24) is 25.5 Å². The number of thiazole rings is 1. The van der Waals surface area contributed by atoms with E-state index in [1.807, 2.05) is 0 Å². The number of β-lactam (4-membered cyclic amide) rings is 1. The molecular weight excluding hydrogens is 738 g/mol. The van der Waals surface area contributed by atoms with Crippen molar-refractivity contribution in [2.75, 3.05) is 11.5 Å². The number of carboxylic acids is 1. The molecule has 2 unspecified atom stereocenters. The highest BCUT2D eigenvalue weighted by Crippen LogP contribution is 2.42. The van der Waals surface area contributed by atoms with Crippen LogP contribution in [0.3, 0.4) is 0 Å². The molecule has 2 aliphatic heterocycles. The lowest BCUT2D eigenvalue weighted by atomic mass is 10.0. The number of benzene rings is 1. The number of anilines is 1. The minimum Gasteiger partial charge on any atom is -0.504 e. The van der Waals surface area contributed by atoms with Gasteiger partial charge in [-0.05, 0) is 20.3 Å². The van der Waals surface area contributed by atoms with Crippen LogP contribution in [0.2, 0.25) is 5.02 Å². The maximum Gasteiger partial charge on any atom is 0.512 e. The maximum atomic E-state index is 13.5. The first-order valence-electron chi connectivity index (χ1n) is 14.6. The second kappa shape index (κ2) is 14.0. The summed E-state index contributed by atoms with van der Waals surface area (Å²) in [7, 11) is 0. The smallest absolute Gasteiger partial charge is 0.504 e. The molecule has 3 atom stereocenters. The highest BCUT2D eigenvalue weighted by molar-refractivity contribution is 8.00. The molecule has 51 heavy (non-hydrogen) atoms. The molecule has 3 aromatic rings. The van der Waals surface area contributed by atoms with Crippen molar-refractivity contribution in [1.29, 1.82) is 0 Å². The molecule has 1 aromatic carbocycles. The SMILES string of the molecule is CCC(NC(=O)c1c[nH]c2cc(O)c(O)c(Cl)c2c1=O)C1=C(OC(=O)O)N2C(=O)C(NC(=O)/C(=N\OC(C)(C)C(=O)O)c3csc(N)n3)[C@@H]2SC1. The molecule has 0 radical (unpaired) electrons. The number of aromatic hydroxyl groups is 2. The van der Waals surface area contributed by atoms with Crippen molar-refractivity contribution in [2.45, 2.75) is 50.3 Å². The van der Waals surface area contributed by atoms with Gasteiger partial charge in [0.2, 0.25) is 16.9 Å². The number of halogens is 1. The molecular formula is C29H28ClN7O12S2. The molecule has 0 spiro atoms. The summed E-state index contributed by atoms with van der Waals surface area (Å²) < 4.78 is 5.04. The summed E-state index contributed by atoms with van der Waals surface area (Å²) in [5.74, 6) is -5.81. The Balaban J connectivity index is 1.40. The normalized spacial score (nSPS) is 18.1. The predicted octanol–water partition coefficient (Wildman–Crippen LogP) is 1.73. The Morgan fingerprint density at radius 3 is 2.57 bits per heavy atom. The molecule has 2 aliphatic rings. The topological polar surface area (TPSA) is 296 Å². The van der Waals surface area contributed by atoms with Crippen LogP contribution in [-0.4, -0.2) is 99.7 Å². The van der Waals surface area contributed by atoms with Crippen LogP contribution in [0.15, 0.2) is 39.0 Å². The van der Waals surface area contributed by atoms with Crippen molar-refractivity contribution in [3.8, 4) is 11.5 Å². The summed E-state index contributed by atoms with van der Waals surface area (Å²) in [5, 5.41) is 47.4. The number of hydrogen-bond donors (Lipinski definition) is 8. The zero-order chi connectivity index (χ0) is 37.5. The first-order chi connectivity index (χ1) is 24.0. The van der Waals surface area contributed by atoms with Gasteiger partial charge in [-0.15, -0.1) is 23.1 Å². The van der Waals surface area contributed by atoms with Crippen LogP contribution in [0.4, 0.5) is 9.93 Å². The van der Waals surface area contributed by atoms with Crippen LogP contribution in [-0.2, 0) is 24.0 Å². The van der Waals surface area contributed by atoms with Gasteiger partial charge in [-0.3, -0.25) is 24.1 Å². The van der Waals surface area contributed by atoms with E-state index in [9.17, 15) is 49.2 Å². The van der Waals surface area contributed by atoms with Crippen LogP contribution in [0, 0.1) is 0 Å². The molecule has 2 aromatic heterocycles. The molecule has 0 bridgehead atoms. The van der Waals surface area contributed by atoms with E-state index in [2.05, 4.69) is 25.8 Å². The number of amides is 3. The monoisotopic (exact) mass is 765 g/mol. The predicted molar refractivity (Wildman–Crippen MR) is 181 cm³/mol. The van der Waals surface area contributed by atoms with Gasteiger partial charge in [0, 0.05) is 29.0 Å². The Hall–Kier alpha value is -5.54. The van der Waals surface area contributed by atoms with Crippen LogP contribution < -0.4 is 21.8 Å². The third-order valence-electron chi connectivity index (χ3n) is 7.72. The summed E-state index contributed by atoms with van der Waals surface area (Å²) >= 11 is 8.14. The Kier molecular flexibility index (Phi) is 10.1. The molecule has 4 heterocycles. The first-order valence-corrected chi connectivity index (χ1v) is 16.9. The van der Waals surface area contributed by atoms with Crippen molar-refractivity contribution in [3.05, 3.63) is 55.6 Å². The molecule has 22 heteroatoms. The number of carboxylic acid groups (broad SMARTS) is 2. The number of thioether (sulfide) groups is 1. The van der Waals surface area contributed by atoms with E-state index >= 15 is 0 Å². The Morgan fingerprint density at radius 1 is 1.25 bits per heavy atom. The lowest BCUT2D eigenvalue weighted by Crippen LogP contribution is -2.71. The zero-order valence-electron chi connectivity index (χ0n) is 26.5. The number of aromatic nitrogens is 2. The van der Waals surface area contributed by atoms with Gasteiger partial charge in [0.25, 0.3) is 17.7 Å². The number of carbonyl (C=O) groups is 5. The van der Waals surface area contributed by atoms with Crippen LogP contribution in [0.1, 0.15) is 43.2 Å². The van der Waals surface area contributed by atoms with Gasteiger partial charge in [-0.25, -0.2) is 14.6 Å². The number of carbonyl (C=O) groups excluding carboxylic acids is 3. The lowest BCUT2D eigenvalue weighted by Gasteiger charge is -2.49. The number of aliphatic carboxylic acids is 1. The van der Waals surface area contributed by atoms with Gasteiger partial charge < -0.3 is 51.4 Å². The molecule has 1 fully saturated rings. The lowest BCUT2D eigenvalue weighted by molar-refractivity contribution is -0.161. The number of phenolic OH excluding ortho intramolecular Hbond substituents is 2. The fourth-order valence-electron chi connectivity index (χ4n) is 4.98. The van der Waals surface area contributed by atoms with Crippen LogP contribution in [0.25, 0.3) is 10.9 Å². The fraction of sp³-hybridized carbons (Fsp3) is 0.310. The number of aromatic amines is 1. The second-order valence-electron chi connectivity index (χ2n) is 11.4. The van der Waals surface area contributed by atoms with Crippen molar-refractivity contribution >= 4 is 86.3 Å². The number of nitrogens with two attached hydrogens (primary N) is 1. The molecule has 1 saturated heterocycles. The molecule has 9 N–H and O–H groups in total. The van der Waals surface area contributed by atoms with Gasteiger partial charge in [0.1, 0.15) is 22.7 Å². The molecule has 3 amide bonds. The highest BCUT2D eigenvalue weighted by Gasteiger charge is 2.55. The van der Waals surface area contributed by atoms with Crippen molar-refractivity contribution < 1.29 is 54.0 Å². The number of rotatable bonds is 11. The number of pyridine rings is 1. The summed E-state index contributed by atoms with van der Waals surface area (Å²) in [6, 6.07) is -1.15. The molecule has 0 aliphatic carbocycles. The third kappa shape index (κ3) is 6.94. The van der Waals surface area contributed by atoms with E-state index in [0.29, 0.717) is 0 Å². The van der Waals surface area contributed by atoms with E-state index in [-0.39, 0.29) is 39.5 Å². The number of hydrogen-bond acceptors (Lipinski definition) is 15. The number of nitrogens with one attached hydrogen (secondary N) is 3. The van der Waals surface area contributed by atoms with E-state index in [1.165, 1.54) is 19.2 Å². The van der Waals surface area contributed by atoms with E-state index in [0.717, 1.165) is 40.3 Å². The third-order valence-corrected chi connectivity index (χ3v) is 10.1. The van der Waals surface area contributed by atoms with Gasteiger partial charge in [0.05, 0.1) is 22.0 Å². The number of oxime groups is 1. The van der Waals surface area contributed by atoms with E-state index < -0.39 is 92.0 Å². The van der Waals surface area contributed by atoms with Gasteiger partial charge in [-0.1, -0.05) is 23.7 Å². The standard InChI is InChI=1S/C29H28ClN7O12S2/c1-4-11(33-21(41)9-6-32-12-5-14(38)20(40)16(30)15(12)19(9)39)10-7-50-25-18(23(43)37(25)24(10)48-28(46)47)35-22(42)17(13-8-51-27(31)34-13)36-49-29(2,3)26(44)45/h5-6,8,11,18,25,38,40H,4,7H2,1-3H3,(H2,31,34)(H,32,39)(H,33,41)(H,35,42)(H,44,45)(H,46,47)/b36-17-/t11?,18?,25-/m0/s1. The summed E-state index contributed by atoms with van der Waals surface area (Å²) in [5.41, 5.74) is 2.24. The average Bonchev–Trinajstić information content (AvgIpc) is 3.49. The minimum atomic E-state index is -1.84. The Labute approximate surface area is 299 Å². The fourth-order valence-corrected chi connectivity index (χ4v) is 7.22. The molecule has 0 saturated carbocycles. The first kappa shape index (κ1) is 36.7. The summed E-state index contributed by atoms with van der Waals surface area (Å²) in [6.45, 7) is 4.04. The number of fused-ring (bicyclic) bond motifs is 2. The molecule has 270 valence electrons. The van der Waals surface area contributed by atoms with E-state index in [4.69, 9.17) is 26.9 Å². The molecule has 5 rings (SSSR count). The van der Waals surface area contributed by atoms with Crippen molar-refractivity contribution in [2.24, 2.45) is 5.16 Å². The zero-order valence-corrected chi connectivity index (χ0v) is 28.9. The van der Waals surface area contributed by atoms with E-state index in [1.54, 1.807) is 6.92 Å². The van der Waals surface area contributed by atoms with Gasteiger partial charge in [-0.2, -0.15) is 0 Å². The number of H-pyrrole nitrogens is 1. The number of nitrogens with zero attached hydrogens (tertiary/aromatic N) is 3. The number of ether oxygens (including phenoxy) is 1. The van der Waals surface area contributed by atoms with Crippen LogP contribution >= 0.6 is 34.7 Å². The number of nitrogen functional groups attached to an aromatic ring is 1. The number of phenols is 2. The quantitative estimate of drug-likeness (QED) is 0.0453. The Bertz CT molecular complexity index is 2110. The highest BCUT2D eigenvalue weighted by atomic mass is 35.5.